The molecule has 1 aromatic carbocycles. The second kappa shape index (κ2) is 4.72. The van der Waals surface area contributed by atoms with E-state index >= 15 is 0 Å². The summed E-state index contributed by atoms with van der Waals surface area (Å²) in [6, 6.07) is 7.33. The van der Waals surface area contributed by atoms with Gasteiger partial charge in [-0.25, -0.2) is 0 Å². The largest absolute Gasteiger partial charge is 0.350 e. The van der Waals surface area contributed by atoms with E-state index in [-0.39, 0.29) is 11.9 Å². The SMILES string of the molecule is CC(C)NC(=O)c1cnc2ccc(Cl)cc2c1. The van der Waals surface area contributed by atoms with E-state index in [4.69, 9.17) is 11.6 Å². The van der Waals surface area contributed by atoms with Crippen molar-refractivity contribution in [2.24, 2.45) is 0 Å². The summed E-state index contributed by atoms with van der Waals surface area (Å²) in [5.74, 6) is -0.116. The number of hydrogen-bond donors (Lipinski definition) is 1. The molecule has 0 fully saturated rings. The van der Waals surface area contributed by atoms with Crippen LogP contribution in [0.15, 0.2) is 30.5 Å². The van der Waals surface area contributed by atoms with Gasteiger partial charge in [0, 0.05) is 22.6 Å². The van der Waals surface area contributed by atoms with Gasteiger partial charge in [0.25, 0.3) is 5.91 Å². The average molecular weight is 249 g/mol. The van der Waals surface area contributed by atoms with E-state index in [0.29, 0.717) is 10.6 Å². The number of halogens is 1. The minimum Gasteiger partial charge on any atom is -0.350 e. The summed E-state index contributed by atoms with van der Waals surface area (Å²) in [5, 5.41) is 4.34. The van der Waals surface area contributed by atoms with E-state index in [9.17, 15) is 4.79 Å². The van der Waals surface area contributed by atoms with Gasteiger partial charge >= 0.3 is 0 Å². The summed E-state index contributed by atoms with van der Waals surface area (Å²) in [4.78, 5) is 16.0. The van der Waals surface area contributed by atoms with Gasteiger partial charge in [-0.2, -0.15) is 0 Å². The van der Waals surface area contributed by atoms with Gasteiger partial charge in [0.2, 0.25) is 0 Å². The van der Waals surface area contributed by atoms with Crippen molar-refractivity contribution >= 4 is 28.4 Å². The number of benzene rings is 1. The fraction of sp³-hybridized carbons (Fsp3) is 0.231. The summed E-state index contributed by atoms with van der Waals surface area (Å²) in [6.45, 7) is 3.84. The third kappa shape index (κ3) is 2.74. The lowest BCUT2D eigenvalue weighted by Crippen LogP contribution is -2.30. The Labute approximate surface area is 105 Å². The normalized spacial score (nSPS) is 10.8. The molecule has 0 aliphatic rings. The number of rotatable bonds is 2. The van der Waals surface area contributed by atoms with Crippen LogP contribution >= 0.6 is 11.6 Å². The lowest BCUT2D eigenvalue weighted by Gasteiger charge is -2.08. The molecule has 0 unspecified atom stereocenters. The van der Waals surface area contributed by atoms with Crippen LogP contribution in [0, 0.1) is 0 Å². The highest BCUT2D eigenvalue weighted by Crippen LogP contribution is 2.18. The minimum absolute atomic E-state index is 0.109. The molecule has 3 nitrogen and oxygen atoms in total. The van der Waals surface area contributed by atoms with Crippen LogP contribution in [0.1, 0.15) is 24.2 Å². The van der Waals surface area contributed by atoms with Crippen LogP contribution in [0.5, 0.6) is 0 Å². The summed E-state index contributed by atoms with van der Waals surface area (Å²) in [7, 11) is 0. The van der Waals surface area contributed by atoms with Crippen LogP contribution in [-0.4, -0.2) is 16.9 Å². The Morgan fingerprint density at radius 3 is 2.82 bits per heavy atom. The molecule has 0 bridgehead atoms. The number of amides is 1. The summed E-state index contributed by atoms with van der Waals surface area (Å²) < 4.78 is 0. The van der Waals surface area contributed by atoms with Crippen molar-refractivity contribution in [1.29, 1.82) is 0 Å². The highest BCUT2D eigenvalue weighted by Gasteiger charge is 2.08. The maximum absolute atomic E-state index is 11.8. The van der Waals surface area contributed by atoms with Gasteiger partial charge in [-0.15, -0.1) is 0 Å². The zero-order chi connectivity index (χ0) is 12.4. The van der Waals surface area contributed by atoms with Crippen LogP contribution in [0.25, 0.3) is 10.9 Å². The van der Waals surface area contributed by atoms with Crippen molar-refractivity contribution in [2.45, 2.75) is 19.9 Å². The summed E-state index contributed by atoms with van der Waals surface area (Å²) in [5.41, 5.74) is 1.38. The molecule has 0 aliphatic heterocycles. The van der Waals surface area contributed by atoms with E-state index in [1.54, 1.807) is 24.4 Å². The number of nitrogens with one attached hydrogen (secondary N) is 1. The molecule has 0 saturated heterocycles. The van der Waals surface area contributed by atoms with Crippen LogP contribution < -0.4 is 5.32 Å². The first-order valence-corrected chi connectivity index (χ1v) is 5.80. The molecule has 0 atom stereocenters. The zero-order valence-corrected chi connectivity index (χ0v) is 10.5. The van der Waals surface area contributed by atoms with E-state index in [2.05, 4.69) is 10.3 Å². The van der Waals surface area contributed by atoms with Gasteiger partial charge in [0.05, 0.1) is 11.1 Å². The molecule has 17 heavy (non-hydrogen) atoms. The van der Waals surface area contributed by atoms with Crippen LogP contribution in [0.2, 0.25) is 5.02 Å². The molecule has 1 heterocycles. The van der Waals surface area contributed by atoms with E-state index < -0.39 is 0 Å². The van der Waals surface area contributed by atoms with Crippen LogP contribution in [0.3, 0.4) is 0 Å². The topological polar surface area (TPSA) is 42.0 Å². The quantitative estimate of drug-likeness (QED) is 0.888. The molecule has 0 aliphatic carbocycles. The highest BCUT2D eigenvalue weighted by molar-refractivity contribution is 6.31. The maximum Gasteiger partial charge on any atom is 0.253 e. The van der Waals surface area contributed by atoms with Gasteiger partial charge in [-0.3, -0.25) is 9.78 Å². The number of carbonyl (C=O) groups excluding carboxylic acids is 1. The molecule has 2 aromatic rings. The first-order valence-electron chi connectivity index (χ1n) is 5.42. The molecular formula is C13H13ClN2O. The summed E-state index contributed by atoms with van der Waals surface area (Å²) >= 11 is 5.91. The number of aromatic nitrogens is 1. The van der Waals surface area contributed by atoms with E-state index in [0.717, 1.165) is 10.9 Å². The van der Waals surface area contributed by atoms with Crippen molar-refractivity contribution in [1.82, 2.24) is 10.3 Å². The first-order chi connectivity index (χ1) is 8.06. The van der Waals surface area contributed by atoms with Gasteiger partial charge in [-0.05, 0) is 38.1 Å². The predicted molar refractivity (Wildman–Crippen MR) is 69.4 cm³/mol. The molecule has 1 aromatic heterocycles. The number of nitrogens with zero attached hydrogens (tertiary/aromatic N) is 1. The van der Waals surface area contributed by atoms with Crippen molar-refractivity contribution in [3.05, 3.63) is 41.0 Å². The standard InChI is InChI=1S/C13H13ClN2O/c1-8(2)16-13(17)10-5-9-6-11(14)3-4-12(9)15-7-10/h3-8H,1-2H3,(H,16,17). The van der Waals surface area contributed by atoms with Crippen molar-refractivity contribution < 1.29 is 4.79 Å². The molecule has 1 amide bonds. The van der Waals surface area contributed by atoms with Gasteiger partial charge in [-0.1, -0.05) is 11.6 Å². The van der Waals surface area contributed by atoms with Gasteiger partial charge < -0.3 is 5.32 Å². The van der Waals surface area contributed by atoms with Crippen LogP contribution in [-0.2, 0) is 0 Å². The summed E-state index contributed by atoms with van der Waals surface area (Å²) in [6.07, 6.45) is 1.58. The maximum atomic E-state index is 11.8. The molecule has 88 valence electrons. The van der Waals surface area contributed by atoms with E-state index in [1.165, 1.54) is 0 Å². The second-order valence-corrected chi connectivity index (χ2v) is 4.63. The Bertz CT molecular complexity index is 566. The van der Waals surface area contributed by atoms with Crippen LogP contribution in [0.4, 0.5) is 0 Å². The molecule has 4 heteroatoms. The average Bonchev–Trinajstić information content (AvgIpc) is 2.27. The molecular weight excluding hydrogens is 236 g/mol. The lowest BCUT2D eigenvalue weighted by atomic mass is 10.1. The minimum atomic E-state index is -0.116. The highest BCUT2D eigenvalue weighted by atomic mass is 35.5. The van der Waals surface area contributed by atoms with Crippen molar-refractivity contribution in [3.63, 3.8) is 0 Å². The number of carbonyl (C=O) groups is 1. The third-order valence-corrected chi connectivity index (χ3v) is 2.56. The Morgan fingerprint density at radius 2 is 2.12 bits per heavy atom. The Morgan fingerprint density at radius 1 is 1.35 bits per heavy atom. The molecule has 0 spiro atoms. The Balaban J connectivity index is 2.40. The number of fused-ring (bicyclic) bond motifs is 1. The monoisotopic (exact) mass is 248 g/mol. The number of hydrogen-bond acceptors (Lipinski definition) is 2. The molecule has 2 rings (SSSR count). The second-order valence-electron chi connectivity index (χ2n) is 4.19. The number of pyridine rings is 1. The lowest BCUT2D eigenvalue weighted by molar-refractivity contribution is 0.0943. The van der Waals surface area contributed by atoms with Crippen molar-refractivity contribution in [2.75, 3.05) is 0 Å². The van der Waals surface area contributed by atoms with Crippen molar-refractivity contribution in [3.8, 4) is 0 Å². The molecule has 0 radical (unpaired) electrons. The zero-order valence-electron chi connectivity index (χ0n) is 9.70. The first kappa shape index (κ1) is 11.9. The Kier molecular flexibility index (Phi) is 3.29. The van der Waals surface area contributed by atoms with E-state index in [1.807, 2.05) is 19.9 Å². The van der Waals surface area contributed by atoms with Gasteiger partial charge in [0.15, 0.2) is 0 Å². The van der Waals surface area contributed by atoms with Gasteiger partial charge in [0.1, 0.15) is 0 Å². The predicted octanol–water partition coefficient (Wildman–Crippen LogP) is 3.03. The molecule has 0 saturated carbocycles. The fourth-order valence-corrected chi connectivity index (χ4v) is 1.75. The Hall–Kier alpha value is -1.61. The smallest absolute Gasteiger partial charge is 0.253 e. The fourth-order valence-electron chi connectivity index (χ4n) is 1.57. The molecule has 1 N–H and O–H groups in total. The third-order valence-electron chi connectivity index (χ3n) is 2.33.